The molecule has 0 aromatic rings. The van der Waals surface area contributed by atoms with Crippen molar-refractivity contribution in [1.29, 1.82) is 0 Å². The fourth-order valence-electron chi connectivity index (χ4n) is 2.40. The van der Waals surface area contributed by atoms with Crippen LogP contribution in [0.15, 0.2) is 0 Å². The highest BCUT2D eigenvalue weighted by molar-refractivity contribution is 5.98. The van der Waals surface area contributed by atoms with E-state index in [0.29, 0.717) is 0 Å². The van der Waals surface area contributed by atoms with Crippen LogP contribution in [0.1, 0.15) is 97.3 Å². The topological polar surface area (TPSA) is 18.5 Å². The molecular formula is C17H35O2Si. The fraction of sp³-hybridized carbons (Fsp3) is 1.00. The highest BCUT2D eigenvalue weighted by atomic mass is 28.2. The summed E-state index contributed by atoms with van der Waals surface area (Å²) in [5.74, 6) is 0. The Labute approximate surface area is 130 Å². The Morgan fingerprint density at radius 2 is 1.10 bits per heavy atom. The molecule has 0 amide bonds. The molecule has 2 nitrogen and oxygen atoms in total. The van der Waals surface area contributed by atoms with Crippen molar-refractivity contribution in [1.82, 2.24) is 0 Å². The Balaban J connectivity index is 2.96. The molecule has 3 radical (unpaired) electrons. The van der Waals surface area contributed by atoms with Gasteiger partial charge in [0.25, 0.3) is 0 Å². The van der Waals surface area contributed by atoms with Gasteiger partial charge in [-0.2, -0.15) is 0 Å². The van der Waals surface area contributed by atoms with E-state index in [1.54, 1.807) is 0 Å². The van der Waals surface area contributed by atoms with Crippen molar-refractivity contribution in [3.05, 3.63) is 0 Å². The van der Waals surface area contributed by atoms with Gasteiger partial charge in [-0.25, -0.2) is 0 Å². The Morgan fingerprint density at radius 3 is 1.50 bits per heavy atom. The first-order valence-electron chi connectivity index (χ1n) is 8.75. The average molecular weight is 300 g/mol. The average Bonchev–Trinajstić information content (AvgIpc) is 2.47. The molecule has 1 atom stereocenters. The number of unbranched alkanes of at least 4 members (excludes halogenated alkanes) is 12. The predicted octanol–water partition coefficient (Wildman–Crippen LogP) is 5.54. The van der Waals surface area contributed by atoms with Gasteiger partial charge in [-0.3, -0.25) is 0 Å². The van der Waals surface area contributed by atoms with Crippen molar-refractivity contribution in [2.75, 3.05) is 6.61 Å². The molecule has 3 heteroatoms. The molecular weight excluding hydrogens is 264 g/mol. The second-order valence-corrected chi connectivity index (χ2v) is 6.03. The van der Waals surface area contributed by atoms with Crippen LogP contribution in [0, 0.1) is 0 Å². The van der Waals surface area contributed by atoms with Crippen LogP contribution < -0.4 is 0 Å². The summed E-state index contributed by atoms with van der Waals surface area (Å²) < 4.78 is 10.3. The lowest BCUT2D eigenvalue weighted by Crippen LogP contribution is -2.11. The highest BCUT2D eigenvalue weighted by Gasteiger charge is 1.97. The third-order valence-electron chi connectivity index (χ3n) is 3.77. The van der Waals surface area contributed by atoms with Crippen LogP contribution in [0.4, 0.5) is 0 Å². The monoisotopic (exact) mass is 299 g/mol. The quantitative estimate of drug-likeness (QED) is 0.212. The summed E-state index contributed by atoms with van der Waals surface area (Å²) in [5.41, 5.74) is 0. The first-order valence-corrected chi connectivity index (χ1v) is 9.16. The minimum Gasteiger partial charge on any atom is -0.394 e. The van der Waals surface area contributed by atoms with Crippen LogP contribution in [0.2, 0.25) is 0 Å². The molecule has 0 N–H and O–H groups in total. The Hall–Kier alpha value is 0.137. The van der Waals surface area contributed by atoms with Gasteiger partial charge in [-0.05, 0) is 13.3 Å². The molecule has 0 aliphatic heterocycles. The molecule has 0 bridgehead atoms. The number of hydrogen-bond acceptors (Lipinski definition) is 2. The fourth-order valence-corrected chi connectivity index (χ4v) is 2.47. The molecule has 0 aromatic heterocycles. The van der Waals surface area contributed by atoms with Crippen LogP contribution in [0.5, 0.6) is 0 Å². The van der Waals surface area contributed by atoms with Gasteiger partial charge in [0, 0.05) is 6.61 Å². The van der Waals surface area contributed by atoms with E-state index in [-0.39, 0.29) is 6.29 Å². The molecule has 0 fully saturated rings. The van der Waals surface area contributed by atoms with E-state index in [0.717, 1.165) is 13.0 Å². The lowest BCUT2D eigenvalue weighted by Gasteiger charge is -2.10. The first kappa shape index (κ1) is 20.1. The smallest absolute Gasteiger partial charge is 0.249 e. The van der Waals surface area contributed by atoms with Crippen molar-refractivity contribution in [3.8, 4) is 0 Å². The van der Waals surface area contributed by atoms with E-state index in [1.165, 1.54) is 77.0 Å². The van der Waals surface area contributed by atoms with Gasteiger partial charge >= 0.3 is 0 Å². The second-order valence-electron chi connectivity index (χ2n) is 5.80. The van der Waals surface area contributed by atoms with E-state index >= 15 is 0 Å². The van der Waals surface area contributed by atoms with Crippen LogP contribution in [-0.4, -0.2) is 23.4 Å². The SMILES string of the molecule is CCCCCCCCCCCCCCCOC(C)O[Si]. The Kier molecular flexibility index (Phi) is 17.3. The van der Waals surface area contributed by atoms with Crippen molar-refractivity contribution >= 4 is 10.5 Å². The normalized spacial score (nSPS) is 12.8. The summed E-state index contributed by atoms with van der Waals surface area (Å²) in [5, 5.41) is 0. The largest absolute Gasteiger partial charge is 0.394 e. The molecule has 0 rings (SSSR count). The molecule has 0 aliphatic rings. The van der Waals surface area contributed by atoms with Crippen LogP contribution >= 0.6 is 0 Å². The van der Waals surface area contributed by atoms with Gasteiger partial charge < -0.3 is 9.16 Å². The summed E-state index contributed by atoms with van der Waals surface area (Å²) in [4.78, 5) is 0. The molecule has 0 aromatic carbocycles. The van der Waals surface area contributed by atoms with Crippen molar-refractivity contribution in [2.45, 2.75) is 104 Å². The lowest BCUT2D eigenvalue weighted by atomic mass is 10.0. The van der Waals surface area contributed by atoms with Crippen LogP contribution in [-0.2, 0) is 9.16 Å². The second kappa shape index (κ2) is 17.2. The van der Waals surface area contributed by atoms with Gasteiger partial charge in [-0.1, -0.05) is 84.0 Å². The Morgan fingerprint density at radius 1 is 0.700 bits per heavy atom. The van der Waals surface area contributed by atoms with Gasteiger partial charge in [0.1, 0.15) is 6.29 Å². The standard InChI is InChI=1S/C17H35O2Si/c1-3-4-5-6-7-8-9-10-11-12-13-14-15-16-18-17(2)19-20/h17H,3-16H2,1-2H3. The summed E-state index contributed by atoms with van der Waals surface area (Å²) in [6, 6.07) is 0. The van der Waals surface area contributed by atoms with E-state index in [4.69, 9.17) is 9.16 Å². The summed E-state index contributed by atoms with van der Waals surface area (Å²) in [6.07, 6.45) is 17.9. The van der Waals surface area contributed by atoms with Crippen molar-refractivity contribution < 1.29 is 9.16 Å². The number of hydrogen-bond donors (Lipinski definition) is 0. The lowest BCUT2D eigenvalue weighted by molar-refractivity contribution is -0.0639. The van der Waals surface area contributed by atoms with E-state index in [2.05, 4.69) is 17.4 Å². The van der Waals surface area contributed by atoms with Gasteiger partial charge in [0.15, 0.2) is 0 Å². The maximum atomic E-state index is 5.42. The first-order chi connectivity index (χ1) is 9.81. The molecule has 0 spiro atoms. The van der Waals surface area contributed by atoms with Gasteiger partial charge in [0.05, 0.1) is 0 Å². The van der Waals surface area contributed by atoms with E-state index in [9.17, 15) is 0 Å². The summed E-state index contributed by atoms with van der Waals surface area (Å²) in [6.45, 7) is 4.99. The number of rotatable bonds is 16. The maximum absolute atomic E-state index is 5.42. The zero-order valence-corrected chi connectivity index (χ0v) is 14.8. The van der Waals surface area contributed by atoms with Crippen molar-refractivity contribution in [2.24, 2.45) is 0 Å². The molecule has 0 heterocycles. The van der Waals surface area contributed by atoms with E-state index < -0.39 is 0 Å². The van der Waals surface area contributed by atoms with Gasteiger partial charge in [0.2, 0.25) is 10.5 Å². The third-order valence-corrected chi connectivity index (χ3v) is 4.10. The Bertz CT molecular complexity index is 176. The molecule has 0 aliphatic carbocycles. The third kappa shape index (κ3) is 16.2. The minimum atomic E-state index is -0.135. The molecule has 0 saturated carbocycles. The molecule has 1 unspecified atom stereocenters. The zero-order valence-electron chi connectivity index (χ0n) is 13.8. The van der Waals surface area contributed by atoms with Gasteiger partial charge in [-0.15, -0.1) is 0 Å². The number of ether oxygens (including phenoxy) is 1. The molecule has 0 saturated heterocycles. The molecule has 119 valence electrons. The van der Waals surface area contributed by atoms with E-state index in [1.807, 2.05) is 6.92 Å². The maximum Gasteiger partial charge on any atom is 0.249 e. The zero-order chi connectivity index (χ0) is 14.9. The van der Waals surface area contributed by atoms with Crippen LogP contribution in [0.3, 0.4) is 0 Å². The van der Waals surface area contributed by atoms with Crippen molar-refractivity contribution in [3.63, 3.8) is 0 Å². The summed E-state index contributed by atoms with van der Waals surface area (Å²) in [7, 11) is 2.98. The highest BCUT2D eigenvalue weighted by Crippen LogP contribution is 2.12. The minimum absolute atomic E-state index is 0.135. The predicted molar refractivity (Wildman–Crippen MR) is 87.9 cm³/mol. The summed E-state index contributed by atoms with van der Waals surface area (Å²) >= 11 is 0. The van der Waals surface area contributed by atoms with Crippen LogP contribution in [0.25, 0.3) is 0 Å². The molecule has 20 heavy (non-hydrogen) atoms.